The normalized spacial score (nSPS) is 21.9. The summed E-state index contributed by atoms with van der Waals surface area (Å²) < 4.78 is 6.18. The summed E-state index contributed by atoms with van der Waals surface area (Å²) in [7, 11) is 3.80. The summed E-state index contributed by atoms with van der Waals surface area (Å²) >= 11 is 6.43. The summed E-state index contributed by atoms with van der Waals surface area (Å²) in [5, 5.41) is 11.5. The second-order valence-corrected chi connectivity index (χ2v) is 9.84. The van der Waals surface area contributed by atoms with Crippen LogP contribution in [0.2, 0.25) is 0 Å². The second-order valence-electron chi connectivity index (χ2n) is 9.41. The quantitative estimate of drug-likeness (QED) is 0.712. The number of hydrogen-bond donors (Lipinski definition) is 1. The van der Waals surface area contributed by atoms with Crippen molar-refractivity contribution in [2.24, 2.45) is 16.1 Å². The average Bonchev–Trinajstić information content (AvgIpc) is 3.08. The number of allylic oxidation sites excluding steroid dienone is 1. The van der Waals surface area contributed by atoms with Crippen LogP contribution >= 0.6 is 11.6 Å². The third-order valence-electron chi connectivity index (χ3n) is 6.65. The standard InChI is InChI=1S/C26H30ClN5O2/c1-31(2)16-23(33)32-13-12-18(27)14-22-26(32)21-15-28-30-24(25(21)29-22)17-8-10-20(11-9-17)34-19-6-4-3-5-7-19/h3-7,12,14,17,20,29H,8-11,13,15-16H2,1-2H3/t17-,20-. The average molecular weight is 480 g/mol. The maximum Gasteiger partial charge on any atom is 0.241 e. The summed E-state index contributed by atoms with van der Waals surface area (Å²) in [4.78, 5) is 20.3. The lowest BCUT2D eigenvalue weighted by Gasteiger charge is -2.29. The monoisotopic (exact) mass is 479 g/mol. The highest BCUT2D eigenvalue weighted by atomic mass is 35.5. The molecule has 3 heterocycles. The van der Waals surface area contributed by atoms with Gasteiger partial charge in [-0.1, -0.05) is 29.8 Å². The summed E-state index contributed by atoms with van der Waals surface area (Å²) in [5.74, 6) is 1.26. The van der Waals surface area contributed by atoms with Crippen molar-refractivity contribution < 1.29 is 9.53 Å². The van der Waals surface area contributed by atoms with Crippen LogP contribution in [-0.2, 0) is 11.3 Å². The fraction of sp³-hybridized carbons (Fsp3) is 0.423. The van der Waals surface area contributed by atoms with Gasteiger partial charge >= 0.3 is 0 Å². The zero-order valence-electron chi connectivity index (χ0n) is 19.6. The number of likely N-dealkylation sites (N-methyl/N-ethyl adjacent to an activating group) is 1. The number of carbonyl (C=O) groups is 1. The SMILES string of the molecule is CN(C)CC(=O)N1CC=C(Cl)C=c2[nH]c3c(c21)CN=NC=3[C@H]1CC[C@H](Oc2ccccc2)CC1. The maximum atomic E-state index is 13.1. The molecule has 1 saturated carbocycles. The Labute approximate surface area is 204 Å². The Bertz CT molecular complexity index is 1240. The number of benzene rings is 1. The minimum atomic E-state index is 0.0340. The Morgan fingerprint density at radius 1 is 1.21 bits per heavy atom. The van der Waals surface area contributed by atoms with E-state index in [9.17, 15) is 4.79 Å². The first kappa shape index (κ1) is 22.9. The van der Waals surface area contributed by atoms with E-state index in [4.69, 9.17) is 16.3 Å². The van der Waals surface area contributed by atoms with Gasteiger partial charge in [0.25, 0.3) is 0 Å². The number of para-hydroxylation sites is 1. The first-order chi connectivity index (χ1) is 16.5. The van der Waals surface area contributed by atoms with Gasteiger partial charge in [-0.05, 0) is 64.1 Å². The van der Waals surface area contributed by atoms with Gasteiger partial charge in [-0.3, -0.25) is 4.79 Å². The fourth-order valence-corrected chi connectivity index (χ4v) is 5.23. The smallest absolute Gasteiger partial charge is 0.241 e. The number of carbonyl (C=O) groups excluding carboxylic acids is 1. The maximum absolute atomic E-state index is 13.1. The van der Waals surface area contributed by atoms with Crippen LogP contribution in [0.3, 0.4) is 0 Å². The molecule has 7 nitrogen and oxygen atoms in total. The minimum Gasteiger partial charge on any atom is -0.490 e. The molecule has 0 bridgehead atoms. The lowest BCUT2D eigenvalue weighted by Crippen LogP contribution is -2.40. The van der Waals surface area contributed by atoms with E-state index in [1.807, 2.05) is 66.4 Å². The first-order valence-corrected chi connectivity index (χ1v) is 12.2. The molecule has 0 saturated heterocycles. The number of aromatic nitrogens is 1. The van der Waals surface area contributed by atoms with Gasteiger partial charge in [0, 0.05) is 23.1 Å². The molecule has 0 atom stereocenters. The van der Waals surface area contributed by atoms with Gasteiger partial charge in [-0.15, -0.1) is 0 Å². The van der Waals surface area contributed by atoms with Crippen molar-refractivity contribution in [1.29, 1.82) is 0 Å². The Balaban J connectivity index is 1.45. The summed E-state index contributed by atoms with van der Waals surface area (Å²) in [6, 6.07) is 10.0. The number of ether oxygens (including phenoxy) is 1. The number of amides is 1. The molecular formula is C26H30ClN5O2. The van der Waals surface area contributed by atoms with Gasteiger partial charge in [-0.2, -0.15) is 10.2 Å². The van der Waals surface area contributed by atoms with E-state index in [-0.39, 0.29) is 12.0 Å². The third-order valence-corrected chi connectivity index (χ3v) is 6.91. The van der Waals surface area contributed by atoms with E-state index in [0.29, 0.717) is 30.6 Å². The van der Waals surface area contributed by atoms with Crippen LogP contribution < -0.4 is 20.3 Å². The zero-order valence-corrected chi connectivity index (χ0v) is 20.4. The van der Waals surface area contributed by atoms with E-state index >= 15 is 0 Å². The molecule has 1 N–H and O–H groups in total. The molecule has 2 aromatic rings. The van der Waals surface area contributed by atoms with Crippen LogP contribution in [0, 0.1) is 5.92 Å². The molecule has 1 aromatic heterocycles. The van der Waals surface area contributed by atoms with Crippen LogP contribution in [0.1, 0.15) is 31.2 Å². The number of halogens is 1. The van der Waals surface area contributed by atoms with Crippen LogP contribution in [0.25, 0.3) is 11.8 Å². The number of aromatic amines is 1. The van der Waals surface area contributed by atoms with E-state index in [1.54, 1.807) is 0 Å². The lowest BCUT2D eigenvalue weighted by atomic mass is 9.84. The molecule has 8 heteroatoms. The molecule has 0 radical (unpaired) electrons. The molecule has 2 aliphatic heterocycles. The number of anilines is 1. The van der Waals surface area contributed by atoms with Gasteiger partial charge in [0.15, 0.2) is 0 Å². The Kier molecular flexibility index (Phi) is 6.57. The molecule has 0 spiro atoms. The van der Waals surface area contributed by atoms with Crippen molar-refractivity contribution in [1.82, 2.24) is 9.88 Å². The Morgan fingerprint density at radius 2 is 1.97 bits per heavy atom. The molecule has 178 valence electrons. The van der Waals surface area contributed by atoms with Crippen molar-refractivity contribution in [2.75, 3.05) is 32.1 Å². The second kappa shape index (κ2) is 9.76. The topological polar surface area (TPSA) is 73.3 Å². The molecule has 1 aromatic carbocycles. The minimum absolute atomic E-state index is 0.0340. The highest BCUT2D eigenvalue weighted by molar-refractivity contribution is 6.34. The molecule has 5 rings (SSSR count). The van der Waals surface area contributed by atoms with Crippen molar-refractivity contribution in [2.45, 2.75) is 38.3 Å². The summed E-state index contributed by atoms with van der Waals surface area (Å²) in [6.07, 6.45) is 7.92. The number of fused-ring (bicyclic) bond motifs is 3. The number of nitrogens with one attached hydrogen (secondary N) is 1. The molecule has 0 unspecified atom stereocenters. The highest BCUT2D eigenvalue weighted by Gasteiger charge is 2.30. The molecule has 1 aliphatic carbocycles. The van der Waals surface area contributed by atoms with E-state index in [0.717, 1.165) is 59.1 Å². The molecule has 3 aliphatic rings. The number of hydrogen-bond acceptors (Lipinski definition) is 5. The van der Waals surface area contributed by atoms with Crippen molar-refractivity contribution in [3.63, 3.8) is 0 Å². The van der Waals surface area contributed by atoms with E-state index in [2.05, 4.69) is 15.2 Å². The number of nitrogens with zero attached hydrogens (tertiary/aromatic N) is 4. The third kappa shape index (κ3) is 4.68. The molecule has 1 fully saturated rings. The summed E-state index contributed by atoms with van der Waals surface area (Å²) in [5.41, 5.74) is 2.90. The molecular weight excluding hydrogens is 450 g/mol. The van der Waals surface area contributed by atoms with Crippen molar-refractivity contribution in [3.8, 4) is 5.75 Å². The highest BCUT2D eigenvalue weighted by Crippen LogP contribution is 2.34. The van der Waals surface area contributed by atoms with Crippen LogP contribution in [0.15, 0.2) is 51.7 Å². The van der Waals surface area contributed by atoms with Crippen molar-refractivity contribution >= 4 is 35.0 Å². The Hall–Kier alpha value is -2.90. The zero-order chi connectivity index (χ0) is 23.7. The Morgan fingerprint density at radius 3 is 2.71 bits per heavy atom. The van der Waals surface area contributed by atoms with E-state index in [1.165, 1.54) is 0 Å². The fourth-order valence-electron chi connectivity index (χ4n) is 5.05. The van der Waals surface area contributed by atoms with Crippen LogP contribution in [0.4, 0.5) is 5.69 Å². The van der Waals surface area contributed by atoms with Gasteiger partial charge in [0.1, 0.15) is 5.75 Å². The van der Waals surface area contributed by atoms with Crippen LogP contribution in [-0.4, -0.2) is 49.1 Å². The molecule has 1 amide bonds. The lowest BCUT2D eigenvalue weighted by molar-refractivity contribution is -0.119. The largest absolute Gasteiger partial charge is 0.490 e. The predicted octanol–water partition coefficient (Wildman–Crippen LogP) is 3.54. The number of H-pyrrole nitrogens is 1. The first-order valence-electron chi connectivity index (χ1n) is 11.9. The molecule has 34 heavy (non-hydrogen) atoms. The van der Waals surface area contributed by atoms with Crippen molar-refractivity contribution in [3.05, 3.63) is 57.7 Å². The number of rotatable bonds is 5. The predicted molar refractivity (Wildman–Crippen MR) is 134 cm³/mol. The van der Waals surface area contributed by atoms with Crippen LogP contribution in [0.5, 0.6) is 5.75 Å². The van der Waals surface area contributed by atoms with Gasteiger partial charge in [0.2, 0.25) is 5.91 Å². The van der Waals surface area contributed by atoms with Gasteiger partial charge < -0.3 is 19.5 Å². The van der Waals surface area contributed by atoms with Gasteiger partial charge in [0.05, 0.1) is 41.3 Å². The number of azo groups is 1. The summed E-state index contributed by atoms with van der Waals surface area (Å²) in [6.45, 7) is 1.22. The van der Waals surface area contributed by atoms with Gasteiger partial charge in [-0.25, -0.2) is 0 Å². The van der Waals surface area contributed by atoms with E-state index < -0.39 is 0 Å².